The van der Waals surface area contributed by atoms with Gasteiger partial charge in [-0.25, -0.2) is 0 Å². The van der Waals surface area contributed by atoms with E-state index in [9.17, 15) is 21.6 Å². The van der Waals surface area contributed by atoms with Crippen LogP contribution in [-0.2, 0) is 10.2 Å². The van der Waals surface area contributed by atoms with Gasteiger partial charge in [-0.3, -0.25) is 9.82 Å². The predicted molar refractivity (Wildman–Crippen MR) is 54.3 cm³/mol. The highest BCUT2D eigenvalue weighted by Gasteiger charge is 2.29. The van der Waals surface area contributed by atoms with E-state index in [1.54, 1.807) is 4.72 Å². The number of anilines is 2. The van der Waals surface area contributed by atoms with E-state index in [0.29, 0.717) is 5.69 Å². The van der Waals surface area contributed by atoms with Gasteiger partial charge in [-0.2, -0.15) is 31.4 Å². The molecule has 0 bridgehead atoms. The first-order chi connectivity index (χ1) is 7.61. The third-order valence-corrected chi connectivity index (χ3v) is 2.67. The second kappa shape index (κ2) is 4.41. The zero-order valence-corrected chi connectivity index (χ0v) is 9.41. The number of aryl methyl sites for hydroxylation is 1. The smallest absolute Gasteiger partial charge is 0.394 e. The van der Waals surface area contributed by atoms with Crippen LogP contribution in [0.15, 0.2) is 0 Å². The van der Waals surface area contributed by atoms with Gasteiger partial charge in [0.15, 0.2) is 5.82 Å². The number of hydrogen-bond donors (Lipinski definition) is 4. The van der Waals surface area contributed by atoms with Crippen LogP contribution >= 0.6 is 0 Å². The first kappa shape index (κ1) is 13.6. The Bertz CT molecular complexity index is 494. The molecular weight excluding hydrogens is 263 g/mol. The Balaban J connectivity index is 2.71. The van der Waals surface area contributed by atoms with Crippen LogP contribution in [0, 0.1) is 6.92 Å². The largest absolute Gasteiger partial charge is 0.402 e. The van der Waals surface area contributed by atoms with Gasteiger partial charge in [0.05, 0.1) is 11.4 Å². The number of aromatic amines is 1. The minimum atomic E-state index is -4.64. The SMILES string of the molecule is Cc1[nH]nc(NS(=O)(=O)NCC(F)(F)F)c1N. The van der Waals surface area contributed by atoms with Crippen LogP contribution in [0.4, 0.5) is 24.7 Å². The molecule has 17 heavy (non-hydrogen) atoms. The topological polar surface area (TPSA) is 113 Å². The third kappa shape index (κ3) is 4.11. The second-order valence-corrected chi connectivity index (χ2v) is 4.65. The first-order valence-electron chi connectivity index (χ1n) is 4.25. The maximum absolute atomic E-state index is 11.8. The van der Waals surface area contributed by atoms with Crippen LogP contribution in [-0.4, -0.2) is 31.3 Å². The molecule has 98 valence electrons. The van der Waals surface area contributed by atoms with Crippen molar-refractivity contribution in [1.82, 2.24) is 14.9 Å². The van der Waals surface area contributed by atoms with Crippen LogP contribution in [0.2, 0.25) is 0 Å². The first-order valence-corrected chi connectivity index (χ1v) is 5.73. The van der Waals surface area contributed by atoms with E-state index in [0.717, 1.165) is 0 Å². The molecule has 0 amide bonds. The van der Waals surface area contributed by atoms with E-state index in [4.69, 9.17) is 5.73 Å². The summed E-state index contributed by atoms with van der Waals surface area (Å²) in [4.78, 5) is 0. The van der Waals surface area contributed by atoms with Gasteiger partial charge in [0.25, 0.3) is 0 Å². The quantitative estimate of drug-likeness (QED) is 0.623. The van der Waals surface area contributed by atoms with Crippen molar-refractivity contribution in [2.75, 3.05) is 17.0 Å². The summed E-state index contributed by atoms with van der Waals surface area (Å²) in [5.41, 5.74) is 5.84. The summed E-state index contributed by atoms with van der Waals surface area (Å²) in [6.07, 6.45) is -4.64. The number of nitrogens with one attached hydrogen (secondary N) is 3. The minimum absolute atomic E-state index is 0.0161. The fourth-order valence-electron chi connectivity index (χ4n) is 0.856. The number of nitrogens with two attached hydrogens (primary N) is 1. The number of rotatable bonds is 4. The Morgan fingerprint density at radius 3 is 2.47 bits per heavy atom. The zero-order chi connectivity index (χ0) is 13.3. The molecule has 0 saturated heterocycles. The Morgan fingerprint density at radius 2 is 2.06 bits per heavy atom. The van der Waals surface area contributed by atoms with Crippen molar-refractivity contribution in [2.24, 2.45) is 0 Å². The molecule has 11 heteroatoms. The fraction of sp³-hybridized carbons (Fsp3) is 0.500. The average molecular weight is 273 g/mol. The fourth-order valence-corrected chi connectivity index (χ4v) is 1.69. The Hall–Kier alpha value is -1.49. The molecule has 1 rings (SSSR count). The lowest BCUT2D eigenvalue weighted by molar-refractivity contribution is -0.121. The van der Waals surface area contributed by atoms with Crippen molar-refractivity contribution >= 4 is 21.7 Å². The normalized spacial score (nSPS) is 12.7. The monoisotopic (exact) mass is 273 g/mol. The molecule has 1 aromatic rings. The summed E-state index contributed by atoms with van der Waals surface area (Å²) in [5.74, 6) is -0.253. The molecule has 0 atom stereocenters. The Morgan fingerprint density at radius 1 is 1.47 bits per heavy atom. The number of halogens is 3. The lowest BCUT2D eigenvalue weighted by Gasteiger charge is -2.09. The summed E-state index contributed by atoms with van der Waals surface area (Å²) in [6.45, 7) is -0.144. The van der Waals surface area contributed by atoms with Crippen LogP contribution in [0.5, 0.6) is 0 Å². The molecule has 0 saturated carbocycles. The van der Waals surface area contributed by atoms with E-state index >= 15 is 0 Å². The number of nitrogen functional groups attached to an aromatic ring is 1. The zero-order valence-electron chi connectivity index (χ0n) is 8.59. The van der Waals surface area contributed by atoms with Crippen molar-refractivity contribution < 1.29 is 21.6 Å². The van der Waals surface area contributed by atoms with E-state index < -0.39 is 22.9 Å². The van der Waals surface area contributed by atoms with Crippen LogP contribution in [0.25, 0.3) is 0 Å². The highest BCUT2D eigenvalue weighted by atomic mass is 32.2. The average Bonchev–Trinajstić information content (AvgIpc) is 2.46. The van der Waals surface area contributed by atoms with Crippen molar-refractivity contribution in [3.8, 4) is 0 Å². The Labute approximate surface area is 94.8 Å². The molecule has 1 heterocycles. The molecule has 1 aromatic heterocycles. The summed E-state index contributed by atoms with van der Waals surface area (Å²) < 4.78 is 60.9. The van der Waals surface area contributed by atoms with Gasteiger partial charge in [0, 0.05) is 0 Å². The van der Waals surface area contributed by atoms with Crippen molar-refractivity contribution in [1.29, 1.82) is 0 Å². The summed E-state index contributed by atoms with van der Waals surface area (Å²) >= 11 is 0. The molecular formula is C6H10F3N5O2S. The van der Waals surface area contributed by atoms with Gasteiger partial charge in [0.1, 0.15) is 6.54 Å². The van der Waals surface area contributed by atoms with Gasteiger partial charge in [-0.1, -0.05) is 0 Å². The highest BCUT2D eigenvalue weighted by Crippen LogP contribution is 2.19. The number of nitrogens with zero attached hydrogens (tertiary/aromatic N) is 1. The van der Waals surface area contributed by atoms with E-state index in [-0.39, 0.29) is 11.5 Å². The van der Waals surface area contributed by atoms with Gasteiger partial charge >= 0.3 is 16.4 Å². The van der Waals surface area contributed by atoms with Gasteiger partial charge in [0.2, 0.25) is 0 Å². The molecule has 0 aliphatic carbocycles. The summed E-state index contributed by atoms with van der Waals surface area (Å²) in [7, 11) is -4.36. The Kier molecular flexibility index (Phi) is 3.52. The predicted octanol–water partition coefficient (Wildman–Crippen LogP) is 0.109. The molecule has 0 unspecified atom stereocenters. The lowest BCUT2D eigenvalue weighted by atomic mass is 10.4. The lowest BCUT2D eigenvalue weighted by Crippen LogP contribution is -2.37. The number of H-pyrrole nitrogens is 1. The van der Waals surface area contributed by atoms with E-state index in [2.05, 4.69) is 10.2 Å². The molecule has 7 nitrogen and oxygen atoms in total. The number of hydrogen-bond acceptors (Lipinski definition) is 4. The van der Waals surface area contributed by atoms with E-state index in [1.165, 1.54) is 11.6 Å². The molecule has 0 aliphatic heterocycles. The number of alkyl halides is 3. The highest BCUT2D eigenvalue weighted by molar-refractivity contribution is 7.90. The third-order valence-electron chi connectivity index (χ3n) is 1.69. The van der Waals surface area contributed by atoms with Crippen molar-refractivity contribution in [3.05, 3.63) is 5.69 Å². The molecule has 0 radical (unpaired) electrons. The number of aromatic nitrogens is 2. The van der Waals surface area contributed by atoms with Crippen LogP contribution < -0.4 is 15.2 Å². The van der Waals surface area contributed by atoms with E-state index in [1.807, 2.05) is 0 Å². The van der Waals surface area contributed by atoms with Gasteiger partial charge in [-0.15, -0.1) is 0 Å². The molecule has 0 aliphatic rings. The summed E-state index contributed by atoms with van der Waals surface area (Å²) in [6, 6.07) is 0. The summed E-state index contributed by atoms with van der Waals surface area (Å²) in [5, 5.41) is 5.86. The second-order valence-electron chi connectivity index (χ2n) is 3.15. The van der Waals surface area contributed by atoms with Gasteiger partial charge in [-0.05, 0) is 6.92 Å². The standard InChI is InChI=1S/C6H10F3N5O2S/c1-3-4(10)5(13-12-3)14-17(15,16)11-2-6(7,8)9/h11H,2,10H2,1H3,(H2,12,13,14). The van der Waals surface area contributed by atoms with Crippen LogP contribution in [0.1, 0.15) is 5.69 Å². The van der Waals surface area contributed by atoms with Crippen LogP contribution in [0.3, 0.4) is 0 Å². The molecule has 0 spiro atoms. The van der Waals surface area contributed by atoms with Crippen molar-refractivity contribution in [3.63, 3.8) is 0 Å². The van der Waals surface area contributed by atoms with Crippen molar-refractivity contribution in [2.45, 2.75) is 13.1 Å². The van der Waals surface area contributed by atoms with Gasteiger partial charge < -0.3 is 5.73 Å². The maximum atomic E-state index is 11.8. The molecule has 5 N–H and O–H groups in total. The molecule has 0 fully saturated rings. The minimum Gasteiger partial charge on any atom is -0.394 e. The maximum Gasteiger partial charge on any atom is 0.402 e. The molecule has 0 aromatic carbocycles.